The van der Waals surface area contributed by atoms with Gasteiger partial charge in [-0.05, 0) is 42.6 Å². The van der Waals surface area contributed by atoms with Gasteiger partial charge in [0.2, 0.25) is 0 Å². The van der Waals surface area contributed by atoms with Crippen molar-refractivity contribution in [3.8, 4) is 0 Å². The summed E-state index contributed by atoms with van der Waals surface area (Å²) in [7, 11) is 0. The fourth-order valence-electron chi connectivity index (χ4n) is 4.65. The normalized spacial score (nSPS) is 21.5. The Labute approximate surface area is 205 Å². The van der Waals surface area contributed by atoms with Crippen molar-refractivity contribution in [3.63, 3.8) is 0 Å². The summed E-state index contributed by atoms with van der Waals surface area (Å²) in [6.45, 7) is 9.19. The Hall–Kier alpha value is -1.85. The standard InChI is InChI=1S/C23H35N7O3S/c24-27-26-7-12-32-17-28-8-10-29(11-9-28)18-33-13-14-34-22-5-1-4-20-21(22)16-30(23(20)31)19-3-2-6-25-15-19/h1,4-5,19,25H,2-3,6-18H2. The van der Waals surface area contributed by atoms with Gasteiger partial charge in [0.05, 0.1) is 26.7 Å². The molecule has 1 N–H and O–H groups in total. The molecule has 3 heterocycles. The van der Waals surface area contributed by atoms with Crippen molar-refractivity contribution in [2.75, 3.05) is 78.2 Å². The van der Waals surface area contributed by atoms with Crippen LogP contribution in [0.5, 0.6) is 0 Å². The summed E-state index contributed by atoms with van der Waals surface area (Å²) in [6, 6.07) is 6.41. The van der Waals surface area contributed by atoms with Crippen molar-refractivity contribution in [3.05, 3.63) is 39.8 Å². The predicted molar refractivity (Wildman–Crippen MR) is 132 cm³/mol. The fraction of sp³-hybridized carbons (Fsp3) is 0.696. The van der Waals surface area contributed by atoms with Crippen LogP contribution in [0.2, 0.25) is 0 Å². The van der Waals surface area contributed by atoms with Crippen molar-refractivity contribution in [2.45, 2.75) is 30.3 Å². The van der Waals surface area contributed by atoms with Gasteiger partial charge in [-0.15, -0.1) is 11.8 Å². The van der Waals surface area contributed by atoms with E-state index in [1.807, 2.05) is 12.1 Å². The van der Waals surface area contributed by atoms with Gasteiger partial charge >= 0.3 is 0 Å². The number of hydrogen-bond acceptors (Lipinski definition) is 8. The molecule has 2 saturated heterocycles. The Balaban J connectivity index is 1.13. The topological polar surface area (TPSA) is 106 Å². The Kier molecular flexibility index (Phi) is 9.87. The van der Waals surface area contributed by atoms with E-state index < -0.39 is 0 Å². The third-order valence-corrected chi connectivity index (χ3v) is 7.63. The molecule has 10 nitrogen and oxygen atoms in total. The molecule has 1 atom stereocenters. The first-order valence-corrected chi connectivity index (χ1v) is 13.1. The van der Waals surface area contributed by atoms with Gasteiger partial charge < -0.3 is 19.7 Å². The zero-order valence-electron chi connectivity index (χ0n) is 19.7. The molecule has 1 unspecified atom stereocenters. The van der Waals surface area contributed by atoms with Gasteiger partial charge in [-0.25, -0.2) is 0 Å². The molecule has 0 aromatic heterocycles. The maximum atomic E-state index is 13.0. The molecule has 0 saturated carbocycles. The molecule has 3 aliphatic heterocycles. The SMILES string of the molecule is [N-]=[N+]=NCCOCN1CCN(COCCSc2cccc3c2CN(C2CCCNC2)C3=O)CC1. The lowest BCUT2D eigenvalue weighted by atomic mass is 10.1. The van der Waals surface area contributed by atoms with E-state index >= 15 is 0 Å². The summed E-state index contributed by atoms with van der Waals surface area (Å²) in [5, 5.41) is 6.89. The number of amides is 1. The van der Waals surface area contributed by atoms with Crippen molar-refractivity contribution in [2.24, 2.45) is 5.11 Å². The van der Waals surface area contributed by atoms with E-state index in [0.29, 0.717) is 39.3 Å². The summed E-state index contributed by atoms with van der Waals surface area (Å²) in [6.07, 6.45) is 2.22. The first-order valence-electron chi connectivity index (χ1n) is 12.1. The number of azide groups is 1. The lowest BCUT2D eigenvalue weighted by molar-refractivity contribution is -0.0281. The van der Waals surface area contributed by atoms with Crippen LogP contribution in [-0.4, -0.2) is 105 Å². The van der Waals surface area contributed by atoms with E-state index in [1.165, 1.54) is 10.5 Å². The summed E-state index contributed by atoms with van der Waals surface area (Å²) in [5.41, 5.74) is 10.3. The fourth-order valence-corrected chi connectivity index (χ4v) is 5.60. The van der Waals surface area contributed by atoms with Gasteiger partial charge in [0.15, 0.2) is 0 Å². The maximum absolute atomic E-state index is 13.0. The molecule has 0 radical (unpaired) electrons. The molecule has 1 aromatic carbocycles. The zero-order chi connectivity index (χ0) is 23.6. The smallest absolute Gasteiger partial charge is 0.254 e. The number of fused-ring (bicyclic) bond motifs is 1. The zero-order valence-corrected chi connectivity index (χ0v) is 20.5. The molecule has 1 aromatic rings. The number of piperidine rings is 1. The van der Waals surface area contributed by atoms with Gasteiger partial charge in [0, 0.05) is 73.0 Å². The lowest BCUT2D eigenvalue weighted by Crippen LogP contribution is -2.47. The van der Waals surface area contributed by atoms with Crippen LogP contribution in [-0.2, 0) is 16.0 Å². The van der Waals surface area contributed by atoms with E-state index in [9.17, 15) is 4.79 Å². The highest BCUT2D eigenvalue weighted by atomic mass is 32.2. The van der Waals surface area contributed by atoms with Crippen molar-refractivity contribution < 1.29 is 14.3 Å². The number of thioether (sulfide) groups is 1. The highest BCUT2D eigenvalue weighted by Gasteiger charge is 2.34. The quantitative estimate of drug-likeness (QED) is 0.158. The number of carbonyl (C=O) groups is 1. The predicted octanol–water partition coefficient (Wildman–Crippen LogP) is 2.36. The molecule has 3 aliphatic rings. The average Bonchev–Trinajstić information content (AvgIpc) is 3.22. The van der Waals surface area contributed by atoms with E-state index in [0.717, 1.165) is 70.0 Å². The molecule has 2 fully saturated rings. The third kappa shape index (κ3) is 6.85. The maximum Gasteiger partial charge on any atom is 0.254 e. The summed E-state index contributed by atoms with van der Waals surface area (Å²) in [4.78, 5) is 23.5. The Morgan fingerprint density at radius 2 is 1.91 bits per heavy atom. The largest absolute Gasteiger partial charge is 0.366 e. The molecular weight excluding hydrogens is 454 g/mol. The molecule has 0 spiro atoms. The van der Waals surface area contributed by atoms with Crippen LogP contribution >= 0.6 is 11.8 Å². The van der Waals surface area contributed by atoms with E-state index in [1.54, 1.807) is 11.8 Å². The van der Waals surface area contributed by atoms with Gasteiger partial charge in [-0.3, -0.25) is 14.6 Å². The van der Waals surface area contributed by atoms with E-state index in [4.69, 9.17) is 15.0 Å². The number of ether oxygens (including phenoxy) is 2. The van der Waals surface area contributed by atoms with E-state index in [-0.39, 0.29) is 5.91 Å². The van der Waals surface area contributed by atoms with Crippen LogP contribution in [0.1, 0.15) is 28.8 Å². The highest BCUT2D eigenvalue weighted by Crippen LogP contribution is 2.34. The van der Waals surface area contributed by atoms with Crippen molar-refractivity contribution in [1.82, 2.24) is 20.0 Å². The Morgan fingerprint density at radius 1 is 1.15 bits per heavy atom. The van der Waals surface area contributed by atoms with Crippen LogP contribution < -0.4 is 5.32 Å². The molecule has 4 rings (SSSR count). The van der Waals surface area contributed by atoms with Gasteiger partial charge in [0.25, 0.3) is 5.91 Å². The first kappa shape index (κ1) is 25.2. The lowest BCUT2D eigenvalue weighted by Gasteiger charge is -2.34. The van der Waals surface area contributed by atoms with Crippen LogP contribution in [0, 0.1) is 0 Å². The monoisotopic (exact) mass is 489 g/mol. The van der Waals surface area contributed by atoms with Gasteiger partial charge in [-0.1, -0.05) is 11.2 Å². The summed E-state index contributed by atoms with van der Waals surface area (Å²) < 4.78 is 11.5. The van der Waals surface area contributed by atoms with Crippen LogP contribution in [0.4, 0.5) is 0 Å². The minimum atomic E-state index is 0.183. The summed E-state index contributed by atoms with van der Waals surface area (Å²) >= 11 is 1.79. The molecule has 11 heteroatoms. The minimum Gasteiger partial charge on any atom is -0.366 e. The number of piperazine rings is 1. The highest BCUT2D eigenvalue weighted by molar-refractivity contribution is 7.99. The molecule has 0 aliphatic carbocycles. The average molecular weight is 490 g/mol. The van der Waals surface area contributed by atoms with Crippen LogP contribution in [0.3, 0.4) is 0 Å². The number of nitrogens with zero attached hydrogens (tertiary/aromatic N) is 6. The third-order valence-electron chi connectivity index (χ3n) is 6.56. The first-order chi connectivity index (χ1) is 16.8. The van der Waals surface area contributed by atoms with Gasteiger partial charge in [0.1, 0.15) is 0 Å². The molecular formula is C23H35N7O3S. The number of hydrogen-bond donors (Lipinski definition) is 1. The number of benzene rings is 1. The Morgan fingerprint density at radius 3 is 2.62 bits per heavy atom. The van der Waals surface area contributed by atoms with Crippen molar-refractivity contribution >= 4 is 17.7 Å². The second-order valence-corrected chi connectivity index (χ2v) is 9.97. The van der Waals surface area contributed by atoms with Crippen molar-refractivity contribution in [1.29, 1.82) is 0 Å². The van der Waals surface area contributed by atoms with Gasteiger partial charge in [-0.2, -0.15) is 0 Å². The van der Waals surface area contributed by atoms with Crippen LogP contribution in [0.15, 0.2) is 28.2 Å². The van der Waals surface area contributed by atoms with E-state index in [2.05, 4.69) is 36.1 Å². The minimum absolute atomic E-state index is 0.183. The Bertz CT molecular complexity index is 853. The number of nitrogens with one attached hydrogen (secondary N) is 1. The molecule has 0 bridgehead atoms. The second-order valence-electron chi connectivity index (χ2n) is 8.83. The molecule has 1 amide bonds. The second kappa shape index (κ2) is 13.3. The molecule has 34 heavy (non-hydrogen) atoms. The summed E-state index contributed by atoms with van der Waals surface area (Å²) in [5.74, 6) is 1.05. The van der Waals surface area contributed by atoms with Crippen LogP contribution in [0.25, 0.3) is 10.4 Å². The number of carbonyl (C=O) groups excluding carboxylic acids is 1. The number of rotatable bonds is 12. The molecule has 186 valence electrons.